The summed E-state index contributed by atoms with van der Waals surface area (Å²) in [5.41, 5.74) is 5.70. The van der Waals surface area contributed by atoms with Crippen LogP contribution in [0.1, 0.15) is 46.5 Å². The van der Waals surface area contributed by atoms with Gasteiger partial charge in [-0.05, 0) is 58.7 Å². The molecule has 0 bridgehead atoms. The quantitative estimate of drug-likeness (QED) is 0.652. The molecule has 0 aliphatic rings. The van der Waals surface area contributed by atoms with E-state index >= 15 is 0 Å². The molecule has 0 spiro atoms. The summed E-state index contributed by atoms with van der Waals surface area (Å²) in [4.78, 5) is 2.42. The number of nitrogens with two attached hydrogens (primary N) is 1. The van der Waals surface area contributed by atoms with Crippen LogP contribution in [0.15, 0.2) is 0 Å². The van der Waals surface area contributed by atoms with Gasteiger partial charge >= 0.3 is 0 Å². The van der Waals surface area contributed by atoms with Crippen molar-refractivity contribution in [2.24, 2.45) is 11.7 Å². The van der Waals surface area contributed by atoms with Gasteiger partial charge in [0.25, 0.3) is 0 Å². The minimum Gasteiger partial charge on any atom is -0.328 e. The first-order valence-electron chi connectivity index (χ1n) is 5.96. The molecule has 0 saturated heterocycles. The van der Waals surface area contributed by atoms with Gasteiger partial charge in [0.05, 0.1) is 0 Å². The standard InChI is InChI=1S/C12H28N2/c1-11(2)7-5-9-14(4)10-6-8-12(3)13/h11-12H,5-10,13H2,1-4H3. The highest BCUT2D eigenvalue weighted by molar-refractivity contribution is 4.58. The Morgan fingerprint density at radius 1 is 1.00 bits per heavy atom. The van der Waals surface area contributed by atoms with E-state index < -0.39 is 0 Å². The van der Waals surface area contributed by atoms with Crippen molar-refractivity contribution in [1.82, 2.24) is 4.90 Å². The summed E-state index contributed by atoms with van der Waals surface area (Å²) in [7, 11) is 2.21. The minimum absolute atomic E-state index is 0.360. The largest absolute Gasteiger partial charge is 0.328 e. The maximum Gasteiger partial charge on any atom is 0.00109 e. The molecule has 1 atom stereocenters. The summed E-state index contributed by atoms with van der Waals surface area (Å²) in [6.45, 7) is 9.09. The predicted molar refractivity (Wildman–Crippen MR) is 64.5 cm³/mol. The summed E-state index contributed by atoms with van der Waals surface area (Å²) >= 11 is 0. The second-order valence-corrected chi connectivity index (χ2v) is 4.96. The molecule has 0 fully saturated rings. The van der Waals surface area contributed by atoms with Gasteiger partial charge in [-0.1, -0.05) is 13.8 Å². The van der Waals surface area contributed by atoms with E-state index in [1.165, 1.54) is 32.4 Å². The number of hydrogen-bond acceptors (Lipinski definition) is 2. The van der Waals surface area contributed by atoms with Gasteiger partial charge in [-0.25, -0.2) is 0 Å². The molecule has 0 rings (SSSR count). The van der Waals surface area contributed by atoms with Crippen molar-refractivity contribution in [3.05, 3.63) is 0 Å². The van der Waals surface area contributed by atoms with E-state index in [0.29, 0.717) is 6.04 Å². The van der Waals surface area contributed by atoms with E-state index in [4.69, 9.17) is 5.73 Å². The number of hydrogen-bond donors (Lipinski definition) is 1. The molecule has 0 radical (unpaired) electrons. The number of nitrogens with zero attached hydrogens (tertiary/aromatic N) is 1. The maximum atomic E-state index is 5.70. The molecule has 0 aliphatic heterocycles. The van der Waals surface area contributed by atoms with Crippen molar-refractivity contribution >= 4 is 0 Å². The van der Waals surface area contributed by atoms with Gasteiger partial charge in [-0.15, -0.1) is 0 Å². The van der Waals surface area contributed by atoms with Gasteiger partial charge in [-0.2, -0.15) is 0 Å². The van der Waals surface area contributed by atoms with E-state index in [0.717, 1.165) is 12.3 Å². The highest BCUT2D eigenvalue weighted by Gasteiger charge is 2.00. The van der Waals surface area contributed by atoms with Crippen LogP contribution in [-0.4, -0.2) is 31.1 Å². The van der Waals surface area contributed by atoms with Crippen LogP contribution in [0.4, 0.5) is 0 Å². The average Bonchev–Trinajstić information content (AvgIpc) is 2.02. The molecule has 0 heterocycles. The van der Waals surface area contributed by atoms with Crippen molar-refractivity contribution in [2.45, 2.75) is 52.5 Å². The lowest BCUT2D eigenvalue weighted by atomic mass is 10.1. The molecule has 0 aromatic heterocycles. The fourth-order valence-corrected chi connectivity index (χ4v) is 1.56. The monoisotopic (exact) mass is 200 g/mol. The lowest BCUT2D eigenvalue weighted by Crippen LogP contribution is -2.23. The number of rotatable bonds is 8. The van der Waals surface area contributed by atoms with Gasteiger partial charge in [0, 0.05) is 6.04 Å². The van der Waals surface area contributed by atoms with E-state index in [2.05, 4.69) is 32.7 Å². The average molecular weight is 200 g/mol. The second-order valence-electron chi connectivity index (χ2n) is 4.96. The zero-order chi connectivity index (χ0) is 11.0. The molecule has 0 saturated carbocycles. The maximum absolute atomic E-state index is 5.70. The zero-order valence-electron chi connectivity index (χ0n) is 10.4. The summed E-state index contributed by atoms with van der Waals surface area (Å²) in [6, 6.07) is 0.360. The zero-order valence-corrected chi connectivity index (χ0v) is 10.4. The summed E-state index contributed by atoms with van der Waals surface area (Å²) < 4.78 is 0. The third-order valence-electron chi connectivity index (χ3n) is 2.52. The Labute approximate surface area is 89.9 Å². The van der Waals surface area contributed by atoms with Crippen LogP contribution >= 0.6 is 0 Å². The van der Waals surface area contributed by atoms with Crippen LogP contribution in [0.3, 0.4) is 0 Å². The highest BCUT2D eigenvalue weighted by Crippen LogP contribution is 2.04. The SMILES string of the molecule is CC(C)CCCN(C)CCCC(C)N. The fraction of sp³-hybridized carbons (Fsp3) is 1.00. The van der Waals surface area contributed by atoms with Crippen LogP contribution < -0.4 is 5.73 Å². The van der Waals surface area contributed by atoms with Crippen LogP contribution in [-0.2, 0) is 0 Å². The molecule has 0 aromatic carbocycles. The van der Waals surface area contributed by atoms with E-state index in [1.54, 1.807) is 0 Å². The van der Waals surface area contributed by atoms with Gasteiger partial charge in [0.1, 0.15) is 0 Å². The molecule has 86 valence electrons. The topological polar surface area (TPSA) is 29.3 Å². The Balaban J connectivity index is 3.23. The Hall–Kier alpha value is -0.0800. The second kappa shape index (κ2) is 8.25. The van der Waals surface area contributed by atoms with Crippen LogP contribution in [0.5, 0.6) is 0 Å². The van der Waals surface area contributed by atoms with Gasteiger partial charge < -0.3 is 10.6 Å². The molecular formula is C12H28N2. The molecule has 0 aliphatic carbocycles. The van der Waals surface area contributed by atoms with Crippen LogP contribution in [0.2, 0.25) is 0 Å². The molecule has 2 nitrogen and oxygen atoms in total. The lowest BCUT2D eigenvalue weighted by Gasteiger charge is -2.17. The summed E-state index contributed by atoms with van der Waals surface area (Å²) in [5, 5.41) is 0. The lowest BCUT2D eigenvalue weighted by molar-refractivity contribution is 0.308. The van der Waals surface area contributed by atoms with Crippen molar-refractivity contribution in [1.29, 1.82) is 0 Å². The first kappa shape index (κ1) is 13.9. The first-order chi connectivity index (χ1) is 6.52. The van der Waals surface area contributed by atoms with Crippen LogP contribution in [0, 0.1) is 5.92 Å². The van der Waals surface area contributed by atoms with Crippen LogP contribution in [0.25, 0.3) is 0 Å². The Morgan fingerprint density at radius 3 is 1.93 bits per heavy atom. The Kier molecular flexibility index (Phi) is 8.20. The molecule has 0 amide bonds. The Morgan fingerprint density at radius 2 is 1.50 bits per heavy atom. The predicted octanol–water partition coefficient (Wildman–Crippen LogP) is 2.48. The van der Waals surface area contributed by atoms with Gasteiger partial charge in [-0.3, -0.25) is 0 Å². The third-order valence-corrected chi connectivity index (χ3v) is 2.52. The molecule has 2 heteroatoms. The van der Waals surface area contributed by atoms with Crippen molar-refractivity contribution in [3.8, 4) is 0 Å². The molecule has 1 unspecified atom stereocenters. The Bertz CT molecular complexity index is 107. The van der Waals surface area contributed by atoms with E-state index in [1.807, 2.05) is 0 Å². The van der Waals surface area contributed by atoms with Crippen molar-refractivity contribution in [2.75, 3.05) is 20.1 Å². The molecule has 2 N–H and O–H groups in total. The van der Waals surface area contributed by atoms with Crippen molar-refractivity contribution in [3.63, 3.8) is 0 Å². The van der Waals surface area contributed by atoms with E-state index in [9.17, 15) is 0 Å². The summed E-state index contributed by atoms with van der Waals surface area (Å²) in [5.74, 6) is 0.840. The first-order valence-corrected chi connectivity index (χ1v) is 5.96. The van der Waals surface area contributed by atoms with Gasteiger partial charge in [0.2, 0.25) is 0 Å². The normalized spacial score (nSPS) is 13.9. The van der Waals surface area contributed by atoms with Crippen molar-refractivity contribution < 1.29 is 0 Å². The fourth-order valence-electron chi connectivity index (χ4n) is 1.56. The van der Waals surface area contributed by atoms with Gasteiger partial charge in [0.15, 0.2) is 0 Å². The molecular weight excluding hydrogens is 172 g/mol. The molecule has 14 heavy (non-hydrogen) atoms. The molecule has 0 aromatic rings. The highest BCUT2D eigenvalue weighted by atomic mass is 15.1. The third kappa shape index (κ3) is 10.0. The smallest absolute Gasteiger partial charge is 0.00109 e. The summed E-state index contributed by atoms with van der Waals surface area (Å²) in [6.07, 6.45) is 5.05. The van der Waals surface area contributed by atoms with E-state index in [-0.39, 0.29) is 0 Å². The minimum atomic E-state index is 0.360.